The number of fused-ring (bicyclic) bond motifs is 2. The number of amides is 1. The first kappa shape index (κ1) is 32.7. The van der Waals surface area contributed by atoms with Crippen LogP contribution >= 0.6 is 0 Å². The average Bonchev–Trinajstić information content (AvgIpc) is 3.14. The molecule has 2 aromatic heterocycles. The number of carbonyl (C=O) groups excluding carboxylic acids is 1. The summed E-state index contributed by atoms with van der Waals surface area (Å²) in [4.78, 5) is 38.1. The van der Waals surface area contributed by atoms with E-state index in [0.29, 0.717) is 51.5 Å². The van der Waals surface area contributed by atoms with E-state index in [-0.39, 0.29) is 17.1 Å². The number of hydrogen-bond acceptors (Lipinski definition) is 9. The van der Waals surface area contributed by atoms with Gasteiger partial charge in [-0.1, -0.05) is 30.3 Å². The molecule has 11 nitrogen and oxygen atoms in total. The fraction of sp³-hybridized carbons (Fsp3) is 0.211. The zero-order valence-electron chi connectivity index (χ0n) is 27.3. The Morgan fingerprint density at radius 2 is 1.70 bits per heavy atom. The molecule has 4 aromatic carbocycles. The molecule has 1 N–H and O–H groups in total. The number of halogens is 1. The van der Waals surface area contributed by atoms with Crippen LogP contribution in [-0.4, -0.2) is 71.9 Å². The normalized spacial score (nSPS) is 13.3. The second-order valence-electron chi connectivity index (χ2n) is 11.6. The topological polar surface area (TPSA) is 117 Å². The maximum atomic E-state index is 15.5. The first-order chi connectivity index (χ1) is 24.5. The van der Waals surface area contributed by atoms with Crippen LogP contribution in [0.15, 0.2) is 102 Å². The Hall–Kier alpha value is -5.85. The number of rotatable bonds is 11. The lowest BCUT2D eigenvalue weighted by Crippen LogP contribution is -2.37. The largest absolute Gasteiger partial charge is 0.493 e. The van der Waals surface area contributed by atoms with E-state index >= 15 is 4.39 Å². The minimum absolute atomic E-state index is 0.0758. The molecule has 0 bridgehead atoms. The molecule has 0 radical (unpaired) electrons. The molecule has 0 atom stereocenters. The van der Waals surface area contributed by atoms with Gasteiger partial charge in [-0.25, -0.2) is 9.37 Å². The van der Waals surface area contributed by atoms with E-state index < -0.39 is 17.3 Å². The van der Waals surface area contributed by atoms with E-state index in [4.69, 9.17) is 18.9 Å². The van der Waals surface area contributed by atoms with Crippen molar-refractivity contribution >= 4 is 33.5 Å². The van der Waals surface area contributed by atoms with Crippen molar-refractivity contribution in [2.45, 2.75) is 6.42 Å². The minimum atomic E-state index is -0.773. The van der Waals surface area contributed by atoms with Gasteiger partial charge in [0.15, 0.2) is 28.8 Å². The SMILES string of the molecule is COc1cc2c(Oc3ccc(NC(=O)c4nc5ccccc5n(-c5ccccc5)c4=O)cc3F)ccnc2cc1OCCCN1CCOCC1. The fourth-order valence-corrected chi connectivity index (χ4v) is 5.87. The van der Waals surface area contributed by atoms with E-state index in [1.54, 1.807) is 80.0 Å². The van der Waals surface area contributed by atoms with Gasteiger partial charge in [-0.3, -0.25) is 24.0 Å². The molecular formula is C38H34FN5O6. The van der Waals surface area contributed by atoms with Crippen LogP contribution in [-0.2, 0) is 4.74 Å². The maximum Gasteiger partial charge on any atom is 0.287 e. The summed E-state index contributed by atoms with van der Waals surface area (Å²) >= 11 is 0. The molecule has 0 saturated carbocycles. The van der Waals surface area contributed by atoms with Gasteiger partial charge in [0.25, 0.3) is 11.5 Å². The van der Waals surface area contributed by atoms with Crippen molar-refractivity contribution in [3.8, 4) is 28.7 Å². The third kappa shape index (κ3) is 6.98. The Bertz CT molecular complexity index is 2220. The third-order valence-electron chi connectivity index (χ3n) is 8.37. The smallest absolute Gasteiger partial charge is 0.287 e. The van der Waals surface area contributed by atoms with Crippen molar-refractivity contribution in [3.05, 3.63) is 119 Å². The van der Waals surface area contributed by atoms with Crippen molar-refractivity contribution in [1.29, 1.82) is 0 Å². The molecule has 1 amide bonds. The second kappa shape index (κ2) is 14.7. The van der Waals surface area contributed by atoms with Gasteiger partial charge in [-0.15, -0.1) is 0 Å². The summed E-state index contributed by atoms with van der Waals surface area (Å²) < 4.78 is 40.0. The quantitative estimate of drug-likeness (QED) is 0.160. The molecule has 0 spiro atoms. The Kier molecular flexibility index (Phi) is 9.63. The summed E-state index contributed by atoms with van der Waals surface area (Å²) in [6.07, 6.45) is 2.41. The summed E-state index contributed by atoms with van der Waals surface area (Å²) in [7, 11) is 1.55. The molecule has 1 saturated heterocycles. The molecular weight excluding hydrogens is 641 g/mol. The number of carbonyl (C=O) groups is 1. The van der Waals surface area contributed by atoms with Crippen LogP contribution in [0.3, 0.4) is 0 Å². The molecule has 50 heavy (non-hydrogen) atoms. The Balaban J connectivity index is 1.08. The van der Waals surface area contributed by atoms with Gasteiger partial charge in [0.05, 0.1) is 43.5 Å². The number of pyridine rings is 1. The Morgan fingerprint density at radius 3 is 2.50 bits per heavy atom. The lowest BCUT2D eigenvalue weighted by molar-refractivity contribution is 0.0357. The van der Waals surface area contributed by atoms with Crippen molar-refractivity contribution in [2.24, 2.45) is 0 Å². The zero-order valence-corrected chi connectivity index (χ0v) is 27.3. The van der Waals surface area contributed by atoms with E-state index in [1.165, 1.54) is 16.7 Å². The van der Waals surface area contributed by atoms with Gasteiger partial charge in [0.1, 0.15) is 5.75 Å². The maximum absolute atomic E-state index is 15.5. The van der Waals surface area contributed by atoms with E-state index in [9.17, 15) is 9.59 Å². The standard InChI is InChI=1S/C38H34FN5O6/c1-47-34-23-27-30(24-35(34)49-19-7-16-43-17-20-48-21-18-43)40-15-14-32(27)50-33-13-12-25(22-28(33)39)41-37(45)36-38(46)44(26-8-3-2-4-9-26)31-11-6-5-10-29(31)42-36/h2-6,8-15,22-24H,7,16-21H2,1H3,(H,41,45). The summed E-state index contributed by atoms with van der Waals surface area (Å²) in [6, 6.07) is 25.2. The lowest BCUT2D eigenvalue weighted by atomic mass is 10.1. The number of aromatic nitrogens is 3. The van der Waals surface area contributed by atoms with Crippen LogP contribution < -0.4 is 25.1 Å². The molecule has 0 unspecified atom stereocenters. The van der Waals surface area contributed by atoms with Crippen LogP contribution in [0.2, 0.25) is 0 Å². The molecule has 3 heterocycles. The van der Waals surface area contributed by atoms with Gasteiger partial charge in [0.2, 0.25) is 0 Å². The average molecular weight is 676 g/mol. The number of anilines is 1. The zero-order chi connectivity index (χ0) is 34.5. The van der Waals surface area contributed by atoms with Crippen molar-refractivity contribution < 1.29 is 28.1 Å². The first-order valence-corrected chi connectivity index (χ1v) is 16.2. The number of morpholine rings is 1. The second-order valence-corrected chi connectivity index (χ2v) is 11.6. The molecule has 1 fully saturated rings. The highest BCUT2D eigenvalue weighted by Crippen LogP contribution is 2.38. The number of nitrogens with zero attached hydrogens (tertiary/aromatic N) is 4. The summed E-state index contributed by atoms with van der Waals surface area (Å²) in [5.41, 5.74) is 1.37. The van der Waals surface area contributed by atoms with Gasteiger partial charge in [-0.05, 0) is 55.0 Å². The lowest BCUT2D eigenvalue weighted by Gasteiger charge is -2.26. The molecule has 12 heteroatoms. The fourth-order valence-electron chi connectivity index (χ4n) is 5.87. The van der Waals surface area contributed by atoms with Crippen LogP contribution in [0, 0.1) is 5.82 Å². The predicted octanol–water partition coefficient (Wildman–Crippen LogP) is 6.23. The van der Waals surface area contributed by atoms with E-state index in [1.807, 2.05) is 6.07 Å². The van der Waals surface area contributed by atoms with Gasteiger partial charge < -0.3 is 24.3 Å². The number of nitrogens with one attached hydrogen (secondary N) is 1. The number of methoxy groups -OCH3 is 1. The van der Waals surface area contributed by atoms with Crippen LogP contribution in [0.25, 0.3) is 27.6 Å². The Labute approximate surface area is 286 Å². The third-order valence-corrected chi connectivity index (χ3v) is 8.37. The number of para-hydroxylation sites is 3. The monoisotopic (exact) mass is 675 g/mol. The van der Waals surface area contributed by atoms with Crippen molar-refractivity contribution in [2.75, 3.05) is 51.9 Å². The minimum Gasteiger partial charge on any atom is -0.493 e. The summed E-state index contributed by atoms with van der Waals surface area (Å²) in [6.45, 7) is 4.77. The van der Waals surface area contributed by atoms with Crippen LogP contribution in [0.1, 0.15) is 16.9 Å². The van der Waals surface area contributed by atoms with Gasteiger partial charge in [-0.2, -0.15) is 0 Å². The molecule has 0 aliphatic carbocycles. The molecule has 1 aliphatic heterocycles. The summed E-state index contributed by atoms with van der Waals surface area (Å²) in [5.74, 6) is -0.181. The highest BCUT2D eigenvalue weighted by Gasteiger charge is 2.20. The van der Waals surface area contributed by atoms with E-state index in [0.717, 1.165) is 45.3 Å². The highest BCUT2D eigenvalue weighted by atomic mass is 19.1. The highest BCUT2D eigenvalue weighted by molar-refractivity contribution is 6.03. The molecule has 7 rings (SSSR count). The predicted molar refractivity (Wildman–Crippen MR) is 187 cm³/mol. The Morgan fingerprint density at radius 1 is 0.900 bits per heavy atom. The van der Waals surface area contributed by atoms with Crippen LogP contribution in [0.5, 0.6) is 23.0 Å². The van der Waals surface area contributed by atoms with E-state index in [2.05, 4.69) is 20.2 Å². The molecule has 254 valence electrons. The van der Waals surface area contributed by atoms with Gasteiger partial charge >= 0.3 is 0 Å². The van der Waals surface area contributed by atoms with Crippen LogP contribution in [0.4, 0.5) is 10.1 Å². The number of benzene rings is 4. The summed E-state index contributed by atoms with van der Waals surface area (Å²) in [5, 5.41) is 3.20. The van der Waals surface area contributed by atoms with Crippen molar-refractivity contribution in [3.63, 3.8) is 0 Å². The molecule has 1 aliphatic rings. The van der Waals surface area contributed by atoms with Gasteiger partial charge in [0, 0.05) is 54.7 Å². The van der Waals surface area contributed by atoms with Crippen molar-refractivity contribution in [1.82, 2.24) is 19.4 Å². The number of ether oxygens (including phenoxy) is 4. The first-order valence-electron chi connectivity index (χ1n) is 16.2. The molecule has 6 aromatic rings. The number of hydrogen-bond donors (Lipinski definition) is 1.